The van der Waals surface area contributed by atoms with Crippen LogP contribution < -0.4 is 5.32 Å². The Bertz CT molecular complexity index is 874. The van der Waals surface area contributed by atoms with Gasteiger partial charge in [0.2, 0.25) is 0 Å². The van der Waals surface area contributed by atoms with E-state index in [1.54, 1.807) is 31.2 Å². The predicted molar refractivity (Wildman–Crippen MR) is 102 cm³/mol. The average Bonchev–Trinajstić information content (AvgIpc) is 2.69. The predicted octanol–water partition coefficient (Wildman–Crippen LogP) is 4.54. The van der Waals surface area contributed by atoms with Crippen molar-refractivity contribution in [2.75, 3.05) is 5.32 Å². The molecule has 0 heterocycles. The standard InChI is InChI=1S/C22H19NO3/c1-16(21(24)23-20-10-6-3-7-11-20)26-22(25)19-14-12-18(13-15-19)17-8-4-2-5-9-17/h2-16H,1H3,(H,23,24)/t16-/m0/s1. The molecule has 0 spiro atoms. The van der Waals surface area contributed by atoms with Gasteiger partial charge in [-0.15, -0.1) is 0 Å². The highest BCUT2D eigenvalue weighted by Gasteiger charge is 2.19. The van der Waals surface area contributed by atoms with Crippen molar-refractivity contribution in [3.8, 4) is 11.1 Å². The topological polar surface area (TPSA) is 55.4 Å². The highest BCUT2D eigenvalue weighted by molar-refractivity contribution is 5.97. The number of esters is 1. The Kier molecular flexibility index (Phi) is 5.44. The number of amides is 1. The van der Waals surface area contributed by atoms with E-state index in [2.05, 4.69) is 5.32 Å². The van der Waals surface area contributed by atoms with E-state index in [0.29, 0.717) is 11.3 Å². The fourth-order valence-electron chi connectivity index (χ4n) is 2.48. The molecule has 0 aliphatic carbocycles. The number of hydrogen-bond donors (Lipinski definition) is 1. The molecule has 1 atom stereocenters. The Labute approximate surface area is 152 Å². The summed E-state index contributed by atoms with van der Waals surface area (Å²) in [4.78, 5) is 24.4. The van der Waals surface area contributed by atoms with Gasteiger partial charge in [-0.25, -0.2) is 4.79 Å². The highest BCUT2D eigenvalue weighted by Crippen LogP contribution is 2.19. The molecule has 3 aromatic rings. The minimum Gasteiger partial charge on any atom is -0.449 e. The van der Waals surface area contributed by atoms with Crippen molar-refractivity contribution in [1.82, 2.24) is 0 Å². The van der Waals surface area contributed by atoms with E-state index in [1.807, 2.05) is 60.7 Å². The molecule has 3 rings (SSSR count). The van der Waals surface area contributed by atoms with Gasteiger partial charge >= 0.3 is 5.97 Å². The summed E-state index contributed by atoms with van der Waals surface area (Å²) in [5, 5.41) is 2.71. The lowest BCUT2D eigenvalue weighted by molar-refractivity contribution is -0.123. The van der Waals surface area contributed by atoms with Crippen LogP contribution in [-0.4, -0.2) is 18.0 Å². The lowest BCUT2D eigenvalue weighted by atomic mass is 10.0. The zero-order valence-corrected chi connectivity index (χ0v) is 14.4. The summed E-state index contributed by atoms with van der Waals surface area (Å²) in [5.41, 5.74) is 3.15. The van der Waals surface area contributed by atoms with Crippen LogP contribution in [-0.2, 0) is 9.53 Å². The Hall–Kier alpha value is -3.40. The third-order valence-electron chi connectivity index (χ3n) is 3.92. The van der Waals surface area contributed by atoms with Gasteiger partial charge < -0.3 is 10.1 Å². The van der Waals surface area contributed by atoms with Crippen molar-refractivity contribution in [2.45, 2.75) is 13.0 Å². The molecule has 0 bridgehead atoms. The highest BCUT2D eigenvalue weighted by atomic mass is 16.5. The Balaban J connectivity index is 1.61. The molecule has 1 N–H and O–H groups in total. The van der Waals surface area contributed by atoms with Crippen LogP contribution in [0.4, 0.5) is 5.69 Å². The summed E-state index contributed by atoms with van der Waals surface area (Å²) in [5.74, 6) is -0.897. The van der Waals surface area contributed by atoms with Crippen LogP contribution >= 0.6 is 0 Å². The molecular formula is C22H19NO3. The molecule has 26 heavy (non-hydrogen) atoms. The maximum atomic E-state index is 12.3. The summed E-state index contributed by atoms with van der Waals surface area (Å²) in [7, 11) is 0. The van der Waals surface area contributed by atoms with E-state index in [4.69, 9.17) is 4.74 Å². The summed E-state index contributed by atoms with van der Waals surface area (Å²) < 4.78 is 5.27. The number of carbonyl (C=O) groups is 2. The molecule has 4 heteroatoms. The molecule has 0 saturated carbocycles. The van der Waals surface area contributed by atoms with Gasteiger partial charge in [-0.1, -0.05) is 60.7 Å². The number of rotatable bonds is 5. The number of nitrogens with one attached hydrogen (secondary N) is 1. The molecule has 0 saturated heterocycles. The van der Waals surface area contributed by atoms with E-state index in [-0.39, 0.29) is 5.91 Å². The average molecular weight is 345 g/mol. The smallest absolute Gasteiger partial charge is 0.338 e. The molecule has 130 valence electrons. The monoisotopic (exact) mass is 345 g/mol. The maximum Gasteiger partial charge on any atom is 0.338 e. The fourth-order valence-corrected chi connectivity index (χ4v) is 2.48. The number of hydrogen-bond acceptors (Lipinski definition) is 3. The second kappa shape index (κ2) is 8.12. The first kappa shape index (κ1) is 17.4. The van der Waals surface area contributed by atoms with E-state index < -0.39 is 12.1 Å². The lowest BCUT2D eigenvalue weighted by Crippen LogP contribution is -2.29. The molecule has 0 fully saturated rings. The lowest BCUT2D eigenvalue weighted by Gasteiger charge is -2.13. The summed E-state index contributed by atoms with van der Waals surface area (Å²) in [6, 6.07) is 26.1. The van der Waals surface area contributed by atoms with Gasteiger partial charge in [-0.3, -0.25) is 4.79 Å². The summed E-state index contributed by atoms with van der Waals surface area (Å²) in [6.45, 7) is 1.55. The van der Waals surface area contributed by atoms with Crippen LogP contribution in [0.5, 0.6) is 0 Å². The quantitative estimate of drug-likeness (QED) is 0.691. The molecule has 0 aliphatic heterocycles. The van der Waals surface area contributed by atoms with Crippen molar-refractivity contribution < 1.29 is 14.3 Å². The second-order valence-corrected chi connectivity index (χ2v) is 5.85. The van der Waals surface area contributed by atoms with Gasteiger partial charge in [0.05, 0.1) is 5.56 Å². The summed E-state index contributed by atoms with van der Waals surface area (Å²) in [6.07, 6.45) is -0.892. The molecule has 0 aromatic heterocycles. The number of ether oxygens (including phenoxy) is 1. The Morgan fingerprint density at radius 3 is 1.92 bits per heavy atom. The normalized spacial score (nSPS) is 11.4. The van der Waals surface area contributed by atoms with Crippen LogP contribution in [0.2, 0.25) is 0 Å². The number of carbonyl (C=O) groups excluding carboxylic acids is 2. The van der Waals surface area contributed by atoms with Crippen molar-refractivity contribution in [1.29, 1.82) is 0 Å². The van der Waals surface area contributed by atoms with Crippen molar-refractivity contribution in [3.63, 3.8) is 0 Å². The van der Waals surface area contributed by atoms with Gasteiger partial charge in [0.15, 0.2) is 6.10 Å². The van der Waals surface area contributed by atoms with E-state index in [9.17, 15) is 9.59 Å². The van der Waals surface area contributed by atoms with Crippen molar-refractivity contribution in [2.24, 2.45) is 0 Å². The van der Waals surface area contributed by atoms with E-state index in [1.165, 1.54) is 0 Å². The van der Waals surface area contributed by atoms with E-state index >= 15 is 0 Å². The molecule has 4 nitrogen and oxygen atoms in total. The van der Waals surface area contributed by atoms with Gasteiger partial charge in [0.1, 0.15) is 0 Å². The molecule has 3 aromatic carbocycles. The Morgan fingerprint density at radius 2 is 1.31 bits per heavy atom. The number of anilines is 1. The SMILES string of the molecule is C[C@H](OC(=O)c1ccc(-c2ccccc2)cc1)C(=O)Nc1ccccc1. The minimum absolute atomic E-state index is 0.370. The molecule has 0 aliphatic rings. The minimum atomic E-state index is -0.892. The maximum absolute atomic E-state index is 12.3. The first-order valence-corrected chi connectivity index (χ1v) is 8.36. The Morgan fingerprint density at radius 1 is 0.769 bits per heavy atom. The number of benzene rings is 3. The number of para-hydroxylation sites is 1. The molecular weight excluding hydrogens is 326 g/mol. The molecule has 1 amide bonds. The zero-order valence-electron chi connectivity index (χ0n) is 14.4. The molecule has 0 unspecified atom stereocenters. The van der Waals surface area contributed by atoms with Crippen molar-refractivity contribution in [3.05, 3.63) is 90.5 Å². The fraction of sp³-hybridized carbons (Fsp3) is 0.0909. The van der Waals surface area contributed by atoms with Gasteiger partial charge in [-0.05, 0) is 42.3 Å². The van der Waals surface area contributed by atoms with Crippen LogP contribution in [0, 0.1) is 0 Å². The third-order valence-corrected chi connectivity index (χ3v) is 3.92. The van der Waals surface area contributed by atoms with E-state index in [0.717, 1.165) is 11.1 Å². The largest absolute Gasteiger partial charge is 0.449 e. The van der Waals surface area contributed by atoms with Crippen LogP contribution in [0.25, 0.3) is 11.1 Å². The third kappa shape index (κ3) is 4.36. The summed E-state index contributed by atoms with van der Waals surface area (Å²) >= 11 is 0. The second-order valence-electron chi connectivity index (χ2n) is 5.85. The van der Waals surface area contributed by atoms with Gasteiger partial charge in [0, 0.05) is 5.69 Å². The van der Waals surface area contributed by atoms with Crippen LogP contribution in [0.3, 0.4) is 0 Å². The van der Waals surface area contributed by atoms with Gasteiger partial charge in [-0.2, -0.15) is 0 Å². The van der Waals surface area contributed by atoms with Gasteiger partial charge in [0.25, 0.3) is 5.91 Å². The van der Waals surface area contributed by atoms with Crippen molar-refractivity contribution >= 4 is 17.6 Å². The van der Waals surface area contributed by atoms with Crippen LogP contribution in [0.15, 0.2) is 84.9 Å². The molecule has 0 radical (unpaired) electrons. The first-order chi connectivity index (χ1) is 12.6. The first-order valence-electron chi connectivity index (χ1n) is 8.36. The van der Waals surface area contributed by atoms with Crippen LogP contribution in [0.1, 0.15) is 17.3 Å². The zero-order chi connectivity index (χ0) is 18.4.